The minimum absolute atomic E-state index is 0.712. The number of fused-ring (bicyclic) bond motifs is 2. The Balaban J connectivity index is 2.33. The molecule has 86 valence electrons. The summed E-state index contributed by atoms with van der Waals surface area (Å²) in [6.07, 6.45) is 5.06. The van der Waals surface area contributed by atoms with E-state index in [2.05, 4.69) is 4.98 Å². The highest BCUT2D eigenvalue weighted by atomic mass is 32.2. The van der Waals surface area contributed by atoms with Gasteiger partial charge in [-0.15, -0.1) is 0 Å². The molecule has 5 heteroatoms. The molecule has 0 aromatic carbocycles. The van der Waals surface area contributed by atoms with E-state index in [1.54, 1.807) is 19.3 Å². The lowest BCUT2D eigenvalue weighted by Crippen LogP contribution is -2.36. The van der Waals surface area contributed by atoms with Crippen molar-refractivity contribution in [3.8, 4) is 0 Å². The van der Waals surface area contributed by atoms with E-state index >= 15 is 0 Å². The Labute approximate surface area is 95.3 Å². The van der Waals surface area contributed by atoms with Gasteiger partial charge in [0.1, 0.15) is 4.75 Å². The van der Waals surface area contributed by atoms with Crippen LogP contribution in [0.4, 0.5) is 5.69 Å². The Hall–Kier alpha value is -1.10. The van der Waals surface area contributed by atoms with Crippen molar-refractivity contribution in [3.05, 3.63) is 24.0 Å². The van der Waals surface area contributed by atoms with Crippen LogP contribution in [0.15, 0.2) is 18.3 Å². The van der Waals surface area contributed by atoms with Crippen molar-refractivity contribution in [3.63, 3.8) is 0 Å². The van der Waals surface area contributed by atoms with Crippen molar-refractivity contribution in [1.29, 1.82) is 0 Å². The molecule has 0 atom stereocenters. The largest absolute Gasteiger partial charge is 0.271 e. The Bertz CT molecular complexity index is 533. The van der Waals surface area contributed by atoms with E-state index in [1.807, 2.05) is 6.07 Å². The van der Waals surface area contributed by atoms with Crippen LogP contribution >= 0.6 is 0 Å². The molecular weight excluding hydrogens is 224 g/mol. The van der Waals surface area contributed by atoms with Gasteiger partial charge in [0, 0.05) is 13.2 Å². The van der Waals surface area contributed by atoms with Gasteiger partial charge in [-0.25, -0.2) is 8.42 Å². The molecule has 3 rings (SSSR count). The summed E-state index contributed by atoms with van der Waals surface area (Å²) in [6, 6.07) is 3.63. The van der Waals surface area contributed by atoms with Gasteiger partial charge in [-0.1, -0.05) is 12.8 Å². The number of aromatic nitrogens is 1. The summed E-state index contributed by atoms with van der Waals surface area (Å²) in [4.78, 5) is 4.32. The van der Waals surface area contributed by atoms with E-state index < -0.39 is 14.8 Å². The monoisotopic (exact) mass is 238 g/mol. The van der Waals surface area contributed by atoms with Gasteiger partial charge in [-0.3, -0.25) is 9.29 Å². The molecule has 2 aliphatic rings. The fourth-order valence-electron chi connectivity index (χ4n) is 2.96. The summed E-state index contributed by atoms with van der Waals surface area (Å²) in [7, 11) is -1.63. The van der Waals surface area contributed by atoms with E-state index in [9.17, 15) is 8.42 Å². The Kier molecular flexibility index (Phi) is 1.87. The lowest BCUT2D eigenvalue weighted by molar-refractivity contribution is 0.527. The molecular formula is C11H14N2O2S. The molecule has 1 fully saturated rings. The Morgan fingerprint density at radius 3 is 2.75 bits per heavy atom. The maximum atomic E-state index is 12.5. The fraction of sp³-hybridized carbons (Fsp3) is 0.545. The summed E-state index contributed by atoms with van der Waals surface area (Å²) >= 11 is 0. The van der Waals surface area contributed by atoms with E-state index in [-0.39, 0.29) is 0 Å². The zero-order valence-corrected chi connectivity index (χ0v) is 10.00. The molecule has 1 aliphatic carbocycles. The van der Waals surface area contributed by atoms with Gasteiger partial charge < -0.3 is 0 Å². The third-order valence-corrected chi connectivity index (χ3v) is 6.33. The Morgan fingerprint density at radius 1 is 1.38 bits per heavy atom. The van der Waals surface area contributed by atoms with Crippen molar-refractivity contribution < 1.29 is 8.42 Å². The second kappa shape index (κ2) is 2.97. The molecule has 1 aromatic rings. The van der Waals surface area contributed by atoms with Gasteiger partial charge in [-0.05, 0) is 25.0 Å². The standard InChI is InChI=1S/C11H14N2O2S/c1-13-9-5-4-8-12-10(9)11(16(13,14)15)6-2-3-7-11/h4-5,8H,2-3,6-7H2,1H3. The molecule has 0 unspecified atom stereocenters. The first kappa shape index (κ1) is 10.1. The second-order valence-corrected chi connectivity index (χ2v) is 6.82. The van der Waals surface area contributed by atoms with Gasteiger partial charge in [-0.2, -0.15) is 0 Å². The van der Waals surface area contributed by atoms with Gasteiger partial charge in [0.25, 0.3) is 0 Å². The predicted molar refractivity (Wildman–Crippen MR) is 61.7 cm³/mol. The van der Waals surface area contributed by atoms with Crippen molar-refractivity contribution in [1.82, 2.24) is 4.98 Å². The van der Waals surface area contributed by atoms with Crippen LogP contribution in [0.1, 0.15) is 31.4 Å². The third-order valence-electron chi connectivity index (χ3n) is 3.82. The first-order valence-electron chi connectivity index (χ1n) is 5.54. The maximum Gasteiger partial charge on any atom is 0.246 e. The van der Waals surface area contributed by atoms with E-state index in [1.165, 1.54) is 4.31 Å². The molecule has 1 aromatic heterocycles. The molecule has 0 saturated heterocycles. The first-order chi connectivity index (χ1) is 7.59. The molecule has 4 nitrogen and oxygen atoms in total. The van der Waals surface area contributed by atoms with Crippen LogP contribution in [0.2, 0.25) is 0 Å². The Morgan fingerprint density at radius 2 is 2.06 bits per heavy atom. The van der Waals surface area contributed by atoms with Crippen LogP contribution in [-0.4, -0.2) is 20.4 Å². The summed E-state index contributed by atoms with van der Waals surface area (Å²) in [6.45, 7) is 0. The van der Waals surface area contributed by atoms with Gasteiger partial charge >= 0.3 is 0 Å². The molecule has 0 amide bonds. The van der Waals surface area contributed by atoms with Gasteiger partial charge in [0.15, 0.2) is 0 Å². The maximum absolute atomic E-state index is 12.5. The normalized spacial score (nSPS) is 24.9. The highest BCUT2D eigenvalue weighted by molar-refractivity contribution is 7.94. The average Bonchev–Trinajstić information content (AvgIpc) is 2.83. The van der Waals surface area contributed by atoms with Crippen LogP contribution in [0, 0.1) is 0 Å². The smallest absolute Gasteiger partial charge is 0.246 e. The minimum Gasteiger partial charge on any atom is -0.271 e. The molecule has 0 radical (unpaired) electrons. The lowest BCUT2D eigenvalue weighted by Gasteiger charge is -2.22. The molecule has 1 saturated carbocycles. The number of sulfonamides is 1. The van der Waals surface area contributed by atoms with Crippen LogP contribution in [0.3, 0.4) is 0 Å². The van der Waals surface area contributed by atoms with Crippen molar-refractivity contribution in [2.45, 2.75) is 30.4 Å². The summed E-state index contributed by atoms with van der Waals surface area (Å²) in [5, 5.41) is 0. The minimum atomic E-state index is -3.25. The quantitative estimate of drug-likeness (QED) is 0.690. The van der Waals surface area contributed by atoms with Crippen LogP contribution in [-0.2, 0) is 14.8 Å². The molecule has 2 heterocycles. The topological polar surface area (TPSA) is 50.3 Å². The average molecular weight is 238 g/mol. The number of hydrogen-bond acceptors (Lipinski definition) is 3. The van der Waals surface area contributed by atoms with Crippen LogP contribution < -0.4 is 4.31 Å². The van der Waals surface area contributed by atoms with Crippen LogP contribution in [0.25, 0.3) is 0 Å². The van der Waals surface area contributed by atoms with E-state index in [0.717, 1.165) is 24.2 Å². The van der Waals surface area contributed by atoms with E-state index in [4.69, 9.17) is 0 Å². The summed E-state index contributed by atoms with van der Waals surface area (Å²) < 4.78 is 25.6. The zero-order valence-electron chi connectivity index (χ0n) is 9.18. The van der Waals surface area contributed by atoms with Crippen molar-refractivity contribution in [2.75, 3.05) is 11.4 Å². The highest BCUT2D eigenvalue weighted by Gasteiger charge is 2.57. The first-order valence-corrected chi connectivity index (χ1v) is 6.98. The summed E-state index contributed by atoms with van der Waals surface area (Å²) in [5.74, 6) is 0. The second-order valence-electron chi connectivity index (χ2n) is 4.55. The number of anilines is 1. The zero-order chi connectivity index (χ0) is 11.4. The number of pyridine rings is 1. The van der Waals surface area contributed by atoms with Gasteiger partial charge in [0.2, 0.25) is 10.0 Å². The molecule has 1 spiro atoms. The number of rotatable bonds is 0. The van der Waals surface area contributed by atoms with Crippen molar-refractivity contribution in [2.24, 2.45) is 0 Å². The molecule has 0 N–H and O–H groups in total. The lowest BCUT2D eigenvalue weighted by atomic mass is 10.0. The highest BCUT2D eigenvalue weighted by Crippen LogP contribution is 2.53. The summed E-state index contributed by atoms with van der Waals surface area (Å²) in [5.41, 5.74) is 1.51. The van der Waals surface area contributed by atoms with Crippen molar-refractivity contribution >= 4 is 15.7 Å². The molecule has 0 bridgehead atoms. The molecule has 16 heavy (non-hydrogen) atoms. The predicted octanol–water partition coefficient (Wildman–Crippen LogP) is 1.63. The fourth-order valence-corrected chi connectivity index (χ4v) is 5.09. The molecule has 1 aliphatic heterocycles. The number of hydrogen-bond donors (Lipinski definition) is 0. The number of nitrogens with zero attached hydrogens (tertiary/aromatic N) is 2. The van der Waals surface area contributed by atoms with Gasteiger partial charge in [0.05, 0.1) is 11.4 Å². The van der Waals surface area contributed by atoms with Crippen LogP contribution in [0.5, 0.6) is 0 Å². The third kappa shape index (κ3) is 0.948. The van der Waals surface area contributed by atoms with E-state index in [0.29, 0.717) is 12.8 Å². The SMILES string of the molecule is CN1c2cccnc2C2(CCCC2)S1(=O)=O.